The van der Waals surface area contributed by atoms with Crippen LogP contribution in [0.25, 0.3) is 6.08 Å². The van der Waals surface area contributed by atoms with Crippen molar-refractivity contribution in [3.63, 3.8) is 0 Å². The van der Waals surface area contributed by atoms with Crippen molar-refractivity contribution in [3.05, 3.63) is 35.4 Å². The number of hydrogen-bond acceptors (Lipinski definition) is 3. The molecule has 0 fully saturated rings. The first kappa shape index (κ1) is 15.6. The van der Waals surface area contributed by atoms with Crippen LogP contribution in [0, 0.1) is 0 Å². The van der Waals surface area contributed by atoms with Crippen LogP contribution in [0.1, 0.15) is 18.1 Å². The number of hydrogen-bond donors (Lipinski definition) is 0. The van der Waals surface area contributed by atoms with Crippen LogP contribution in [-0.2, 0) is 11.0 Å². The summed E-state index contributed by atoms with van der Waals surface area (Å²) < 4.78 is 43.3. The fourth-order valence-corrected chi connectivity index (χ4v) is 1.82. The number of alkyl halides is 3. The molecule has 0 bridgehead atoms. The van der Waals surface area contributed by atoms with Crippen molar-refractivity contribution in [2.75, 3.05) is 12.9 Å². The third kappa shape index (κ3) is 4.98. The van der Waals surface area contributed by atoms with Crippen LogP contribution in [-0.4, -0.2) is 18.0 Å². The summed E-state index contributed by atoms with van der Waals surface area (Å²) in [5.41, 5.74) is -0.701. The van der Waals surface area contributed by atoms with Gasteiger partial charge in [0.1, 0.15) is 5.75 Å². The Morgan fingerprint density at radius 3 is 2.63 bits per heavy atom. The lowest BCUT2D eigenvalue weighted by Gasteiger charge is -2.11. The van der Waals surface area contributed by atoms with Gasteiger partial charge in [0.2, 0.25) is 0 Å². The summed E-state index contributed by atoms with van der Waals surface area (Å²) in [5, 5.41) is -0.0737. The van der Waals surface area contributed by atoms with E-state index in [-0.39, 0.29) is 16.4 Å². The SMILES string of the molecule is COc1ccc(C=CCSC(C)=O)c(C(F)(F)F)c1. The fraction of sp³-hybridized carbons (Fsp3) is 0.308. The van der Waals surface area contributed by atoms with E-state index in [1.807, 2.05) is 0 Å². The van der Waals surface area contributed by atoms with E-state index >= 15 is 0 Å². The Morgan fingerprint density at radius 1 is 1.42 bits per heavy atom. The summed E-state index contributed by atoms with van der Waals surface area (Å²) in [6.07, 6.45) is -1.55. The van der Waals surface area contributed by atoms with E-state index in [2.05, 4.69) is 0 Å². The molecular formula is C13H13F3O2S. The fourth-order valence-electron chi connectivity index (χ4n) is 1.39. The molecule has 0 atom stereocenters. The molecule has 0 saturated carbocycles. The molecule has 104 valence electrons. The van der Waals surface area contributed by atoms with Gasteiger partial charge in [0.25, 0.3) is 0 Å². The first-order chi connectivity index (χ1) is 8.84. The number of halogens is 3. The quantitative estimate of drug-likeness (QED) is 0.838. The summed E-state index contributed by atoms with van der Waals surface area (Å²) in [5.74, 6) is 0.501. The molecule has 0 aliphatic rings. The zero-order valence-electron chi connectivity index (χ0n) is 10.5. The van der Waals surface area contributed by atoms with Gasteiger partial charge in [0.05, 0.1) is 12.7 Å². The first-order valence-corrected chi connectivity index (χ1v) is 6.38. The molecule has 19 heavy (non-hydrogen) atoms. The zero-order chi connectivity index (χ0) is 14.5. The van der Waals surface area contributed by atoms with Gasteiger partial charge in [-0.3, -0.25) is 4.79 Å². The van der Waals surface area contributed by atoms with Crippen LogP contribution < -0.4 is 4.74 Å². The number of rotatable bonds is 4. The van der Waals surface area contributed by atoms with Crippen LogP contribution >= 0.6 is 11.8 Å². The molecular weight excluding hydrogens is 277 g/mol. The monoisotopic (exact) mass is 290 g/mol. The predicted molar refractivity (Wildman–Crippen MR) is 70.2 cm³/mol. The largest absolute Gasteiger partial charge is 0.497 e. The Bertz CT molecular complexity index is 481. The summed E-state index contributed by atoms with van der Waals surface area (Å²) in [4.78, 5) is 10.7. The zero-order valence-corrected chi connectivity index (χ0v) is 11.3. The van der Waals surface area contributed by atoms with Crippen molar-refractivity contribution in [1.29, 1.82) is 0 Å². The summed E-state index contributed by atoms with van der Waals surface area (Å²) in [6.45, 7) is 1.41. The average Bonchev–Trinajstić information content (AvgIpc) is 2.33. The molecule has 0 aliphatic heterocycles. The molecule has 0 heterocycles. The van der Waals surface area contributed by atoms with Crippen molar-refractivity contribution in [1.82, 2.24) is 0 Å². The van der Waals surface area contributed by atoms with Crippen LogP contribution in [0.3, 0.4) is 0 Å². The maximum atomic E-state index is 12.9. The number of methoxy groups -OCH3 is 1. The van der Waals surface area contributed by atoms with Crippen LogP contribution in [0.4, 0.5) is 13.2 Å². The number of carbonyl (C=O) groups excluding carboxylic acids is 1. The molecule has 2 nitrogen and oxygen atoms in total. The number of benzene rings is 1. The van der Waals surface area contributed by atoms with Crippen molar-refractivity contribution < 1.29 is 22.7 Å². The second kappa shape index (κ2) is 6.65. The highest BCUT2D eigenvalue weighted by atomic mass is 32.2. The Kier molecular flexibility index (Phi) is 5.47. The van der Waals surface area contributed by atoms with Gasteiger partial charge in [-0.15, -0.1) is 0 Å². The lowest BCUT2D eigenvalue weighted by atomic mass is 10.1. The molecule has 0 unspecified atom stereocenters. The Morgan fingerprint density at radius 2 is 2.11 bits per heavy atom. The van der Waals surface area contributed by atoms with Gasteiger partial charge in [-0.25, -0.2) is 0 Å². The molecule has 1 aromatic carbocycles. The smallest absolute Gasteiger partial charge is 0.417 e. The van der Waals surface area contributed by atoms with E-state index in [0.29, 0.717) is 5.75 Å². The molecule has 6 heteroatoms. The highest BCUT2D eigenvalue weighted by Gasteiger charge is 2.33. The van der Waals surface area contributed by atoms with Gasteiger partial charge in [-0.2, -0.15) is 13.2 Å². The van der Waals surface area contributed by atoms with Gasteiger partial charge < -0.3 is 4.74 Å². The molecule has 0 radical (unpaired) electrons. The van der Waals surface area contributed by atoms with Crippen LogP contribution in [0.5, 0.6) is 5.75 Å². The first-order valence-electron chi connectivity index (χ1n) is 5.39. The highest BCUT2D eigenvalue weighted by molar-refractivity contribution is 8.13. The topological polar surface area (TPSA) is 26.3 Å². The predicted octanol–water partition coefficient (Wildman–Crippen LogP) is 4.01. The molecule has 0 amide bonds. The minimum absolute atomic E-state index is 0.0532. The third-order valence-corrected chi connectivity index (χ3v) is 3.01. The van der Waals surface area contributed by atoms with Crippen LogP contribution in [0.2, 0.25) is 0 Å². The van der Waals surface area contributed by atoms with Crippen molar-refractivity contribution in [3.8, 4) is 5.75 Å². The highest BCUT2D eigenvalue weighted by Crippen LogP contribution is 2.35. The Labute approximate surface area is 113 Å². The second-order valence-electron chi connectivity index (χ2n) is 3.66. The normalized spacial score (nSPS) is 11.8. The van der Waals surface area contributed by atoms with Gasteiger partial charge >= 0.3 is 6.18 Å². The van der Waals surface area contributed by atoms with Gasteiger partial charge in [0, 0.05) is 12.7 Å². The summed E-state index contributed by atoms with van der Waals surface area (Å²) >= 11 is 1.04. The molecule has 0 aliphatic carbocycles. The maximum Gasteiger partial charge on any atom is 0.417 e. The van der Waals surface area contributed by atoms with E-state index < -0.39 is 11.7 Å². The Balaban J connectivity index is 2.96. The van der Waals surface area contributed by atoms with Crippen molar-refractivity contribution >= 4 is 23.0 Å². The Hall–Kier alpha value is -1.43. The molecule has 0 spiro atoms. The standard InChI is InChI=1S/C13H13F3O2S/c1-9(17)19-7-3-4-10-5-6-11(18-2)8-12(10)13(14,15)16/h3-6,8H,7H2,1-2H3. The van der Waals surface area contributed by atoms with Crippen molar-refractivity contribution in [2.45, 2.75) is 13.1 Å². The van der Waals surface area contributed by atoms with E-state index in [0.717, 1.165) is 17.8 Å². The summed E-state index contributed by atoms with van der Waals surface area (Å²) in [6, 6.07) is 3.77. The third-order valence-electron chi connectivity index (χ3n) is 2.25. The molecule has 0 N–H and O–H groups in total. The lowest BCUT2D eigenvalue weighted by molar-refractivity contribution is -0.137. The number of carbonyl (C=O) groups is 1. The van der Waals surface area contributed by atoms with Gasteiger partial charge in [0.15, 0.2) is 5.12 Å². The summed E-state index contributed by atoms with van der Waals surface area (Å²) in [7, 11) is 1.31. The maximum absolute atomic E-state index is 12.9. The van der Waals surface area contributed by atoms with Gasteiger partial charge in [-0.1, -0.05) is 30.0 Å². The minimum Gasteiger partial charge on any atom is -0.497 e. The van der Waals surface area contributed by atoms with E-state index in [1.54, 1.807) is 0 Å². The molecule has 1 aromatic rings. The number of thioether (sulfide) groups is 1. The van der Waals surface area contributed by atoms with Crippen LogP contribution in [0.15, 0.2) is 24.3 Å². The minimum atomic E-state index is -4.44. The lowest BCUT2D eigenvalue weighted by Crippen LogP contribution is -2.07. The average molecular weight is 290 g/mol. The van der Waals surface area contributed by atoms with E-state index in [9.17, 15) is 18.0 Å². The number of ether oxygens (including phenoxy) is 1. The van der Waals surface area contributed by atoms with Crippen molar-refractivity contribution in [2.24, 2.45) is 0 Å². The molecule has 0 aromatic heterocycles. The second-order valence-corrected chi connectivity index (χ2v) is 4.85. The van der Waals surface area contributed by atoms with E-state index in [1.165, 1.54) is 38.3 Å². The molecule has 1 rings (SSSR count). The molecule has 0 saturated heterocycles. The van der Waals surface area contributed by atoms with E-state index in [4.69, 9.17) is 4.74 Å². The van der Waals surface area contributed by atoms with Gasteiger partial charge in [-0.05, 0) is 17.7 Å².